The second-order valence-electron chi connectivity index (χ2n) is 6.99. The zero-order valence-electron chi connectivity index (χ0n) is 17.0. The second-order valence-corrected chi connectivity index (χ2v) is 8.86. The molecule has 8 heteroatoms. The summed E-state index contributed by atoms with van der Waals surface area (Å²) in [6.07, 6.45) is 0. The highest BCUT2D eigenvalue weighted by molar-refractivity contribution is 7.20. The summed E-state index contributed by atoms with van der Waals surface area (Å²) in [4.78, 5) is 24.9. The number of halogens is 2. The van der Waals surface area contributed by atoms with Crippen LogP contribution in [0.5, 0.6) is 5.75 Å². The third kappa shape index (κ3) is 5.37. The Labute approximate surface area is 204 Å². The van der Waals surface area contributed by atoms with Crippen molar-refractivity contribution in [1.29, 1.82) is 0 Å². The van der Waals surface area contributed by atoms with Crippen molar-refractivity contribution in [3.05, 3.63) is 106 Å². The molecule has 166 valence electrons. The standard InChI is InChI=1S/C25H17Cl2NO4S/c26-20-7-4-8-21(27)19(20)14-32-17-11-9-15(10-12-17)22-13-18(25(30)31)24(33-22)28-23(29)16-5-2-1-3-6-16/h1-13H,14H2,(H,28,29)(H,30,31). The number of hydrogen-bond donors (Lipinski definition) is 2. The summed E-state index contributed by atoms with van der Waals surface area (Å²) in [6, 6.07) is 22.7. The molecule has 0 spiro atoms. The molecule has 0 atom stereocenters. The largest absolute Gasteiger partial charge is 0.489 e. The van der Waals surface area contributed by atoms with Crippen LogP contribution < -0.4 is 10.1 Å². The number of benzene rings is 3. The molecule has 1 aromatic heterocycles. The summed E-state index contributed by atoms with van der Waals surface area (Å²) in [6.45, 7) is 0.218. The fourth-order valence-corrected chi connectivity index (χ4v) is 4.65. The molecule has 4 rings (SSSR count). The number of aromatic carboxylic acids is 1. The van der Waals surface area contributed by atoms with E-state index in [9.17, 15) is 14.7 Å². The molecule has 3 aromatic carbocycles. The fraction of sp³-hybridized carbons (Fsp3) is 0.0400. The Morgan fingerprint density at radius 2 is 1.58 bits per heavy atom. The van der Waals surface area contributed by atoms with Crippen molar-refractivity contribution in [2.45, 2.75) is 6.61 Å². The Kier molecular flexibility index (Phi) is 6.99. The lowest BCUT2D eigenvalue weighted by Gasteiger charge is -2.10. The van der Waals surface area contributed by atoms with E-state index in [1.807, 2.05) is 12.1 Å². The molecular formula is C25H17Cl2NO4S. The molecular weight excluding hydrogens is 481 g/mol. The van der Waals surface area contributed by atoms with Crippen molar-refractivity contribution < 1.29 is 19.4 Å². The van der Waals surface area contributed by atoms with E-state index < -0.39 is 5.97 Å². The third-order valence-corrected chi connectivity index (χ3v) is 6.62. The predicted molar refractivity (Wildman–Crippen MR) is 132 cm³/mol. The number of hydrogen-bond acceptors (Lipinski definition) is 4. The molecule has 1 amide bonds. The zero-order valence-corrected chi connectivity index (χ0v) is 19.4. The van der Waals surface area contributed by atoms with Gasteiger partial charge in [0.05, 0.1) is 5.56 Å². The maximum atomic E-state index is 12.5. The first-order chi connectivity index (χ1) is 15.9. The molecule has 2 N–H and O–H groups in total. The smallest absolute Gasteiger partial charge is 0.338 e. The van der Waals surface area contributed by atoms with Crippen LogP contribution in [0.1, 0.15) is 26.3 Å². The normalized spacial score (nSPS) is 10.6. The van der Waals surface area contributed by atoms with E-state index in [4.69, 9.17) is 27.9 Å². The first-order valence-corrected chi connectivity index (χ1v) is 11.4. The van der Waals surface area contributed by atoms with E-state index in [0.29, 0.717) is 31.8 Å². The van der Waals surface area contributed by atoms with Crippen LogP contribution >= 0.6 is 34.5 Å². The van der Waals surface area contributed by atoms with Gasteiger partial charge in [0, 0.05) is 26.0 Å². The van der Waals surface area contributed by atoms with Crippen LogP contribution in [0.25, 0.3) is 10.4 Å². The molecule has 0 aliphatic carbocycles. The molecule has 5 nitrogen and oxygen atoms in total. The van der Waals surface area contributed by atoms with E-state index in [1.165, 1.54) is 11.3 Å². The Balaban J connectivity index is 1.51. The molecule has 0 saturated heterocycles. The Hall–Kier alpha value is -3.32. The van der Waals surface area contributed by atoms with E-state index >= 15 is 0 Å². The van der Waals surface area contributed by atoms with Gasteiger partial charge in [0.25, 0.3) is 5.91 Å². The number of carbonyl (C=O) groups excluding carboxylic acids is 1. The highest BCUT2D eigenvalue weighted by Crippen LogP contribution is 2.36. The van der Waals surface area contributed by atoms with E-state index in [0.717, 1.165) is 5.56 Å². The van der Waals surface area contributed by atoms with Gasteiger partial charge in [0.15, 0.2) is 0 Å². The van der Waals surface area contributed by atoms with Crippen molar-refractivity contribution >= 4 is 51.4 Å². The summed E-state index contributed by atoms with van der Waals surface area (Å²) >= 11 is 13.6. The first kappa shape index (κ1) is 22.9. The quantitative estimate of drug-likeness (QED) is 0.281. The number of carbonyl (C=O) groups is 2. The van der Waals surface area contributed by atoms with Crippen molar-refractivity contribution in [2.24, 2.45) is 0 Å². The number of anilines is 1. The van der Waals surface area contributed by atoms with Gasteiger partial charge in [-0.15, -0.1) is 11.3 Å². The minimum Gasteiger partial charge on any atom is -0.489 e. The fourth-order valence-electron chi connectivity index (χ4n) is 3.09. The van der Waals surface area contributed by atoms with Crippen molar-refractivity contribution in [1.82, 2.24) is 0 Å². The lowest BCUT2D eigenvalue weighted by atomic mass is 10.1. The monoisotopic (exact) mass is 497 g/mol. The van der Waals surface area contributed by atoms with Gasteiger partial charge < -0.3 is 15.2 Å². The number of nitrogens with one attached hydrogen (secondary N) is 1. The van der Waals surface area contributed by atoms with Crippen molar-refractivity contribution in [3.63, 3.8) is 0 Å². The molecule has 0 saturated carbocycles. The first-order valence-electron chi connectivity index (χ1n) is 9.82. The van der Waals surface area contributed by atoms with Crippen LogP contribution in [-0.2, 0) is 6.61 Å². The summed E-state index contributed by atoms with van der Waals surface area (Å²) in [5.41, 5.74) is 1.98. The molecule has 0 fully saturated rings. The molecule has 1 heterocycles. The number of carboxylic acid groups (broad SMARTS) is 1. The number of amides is 1. The predicted octanol–water partition coefficient (Wildman–Crippen LogP) is 7.25. The summed E-state index contributed by atoms with van der Waals surface area (Å²) in [7, 11) is 0. The molecule has 0 bridgehead atoms. The third-order valence-electron chi connectivity index (χ3n) is 4.81. The van der Waals surface area contributed by atoms with Gasteiger partial charge in [-0.25, -0.2) is 4.79 Å². The van der Waals surface area contributed by atoms with Gasteiger partial charge in [-0.05, 0) is 60.2 Å². The molecule has 4 aromatic rings. The maximum absolute atomic E-state index is 12.5. The highest BCUT2D eigenvalue weighted by Gasteiger charge is 2.19. The number of thiophene rings is 1. The lowest BCUT2D eigenvalue weighted by molar-refractivity contribution is 0.0698. The summed E-state index contributed by atoms with van der Waals surface area (Å²) in [5.74, 6) is -0.867. The maximum Gasteiger partial charge on any atom is 0.338 e. The summed E-state index contributed by atoms with van der Waals surface area (Å²) in [5, 5.41) is 13.6. The van der Waals surface area contributed by atoms with Crippen LogP contribution in [0.4, 0.5) is 5.00 Å². The number of rotatable bonds is 7. The zero-order chi connectivity index (χ0) is 23.4. The Morgan fingerprint density at radius 1 is 0.909 bits per heavy atom. The topological polar surface area (TPSA) is 75.6 Å². The molecule has 0 aliphatic heterocycles. The Morgan fingerprint density at radius 3 is 2.21 bits per heavy atom. The van der Waals surface area contributed by atoms with Gasteiger partial charge in [-0.3, -0.25) is 4.79 Å². The van der Waals surface area contributed by atoms with Crippen LogP contribution in [-0.4, -0.2) is 17.0 Å². The summed E-state index contributed by atoms with van der Waals surface area (Å²) < 4.78 is 5.80. The highest BCUT2D eigenvalue weighted by atomic mass is 35.5. The lowest BCUT2D eigenvalue weighted by Crippen LogP contribution is -2.12. The minimum absolute atomic E-state index is 0.0352. The molecule has 0 aliphatic rings. The van der Waals surface area contributed by atoms with Crippen LogP contribution in [0.2, 0.25) is 10.0 Å². The second kappa shape index (κ2) is 10.1. The van der Waals surface area contributed by atoms with Gasteiger partial charge in [-0.2, -0.15) is 0 Å². The van der Waals surface area contributed by atoms with Crippen molar-refractivity contribution in [2.75, 3.05) is 5.32 Å². The van der Waals surface area contributed by atoms with E-state index in [2.05, 4.69) is 5.32 Å². The van der Waals surface area contributed by atoms with Crippen LogP contribution in [0, 0.1) is 0 Å². The minimum atomic E-state index is -1.11. The number of ether oxygens (including phenoxy) is 1. The van der Waals surface area contributed by atoms with Crippen molar-refractivity contribution in [3.8, 4) is 16.2 Å². The van der Waals surface area contributed by atoms with Crippen LogP contribution in [0.15, 0.2) is 78.9 Å². The molecule has 0 unspecified atom stereocenters. The average molecular weight is 498 g/mol. The van der Waals surface area contributed by atoms with Gasteiger partial charge in [0.2, 0.25) is 0 Å². The SMILES string of the molecule is O=C(Nc1sc(-c2ccc(OCc3c(Cl)cccc3Cl)cc2)cc1C(=O)O)c1ccccc1. The molecule has 33 heavy (non-hydrogen) atoms. The van der Waals surface area contributed by atoms with Crippen LogP contribution in [0.3, 0.4) is 0 Å². The van der Waals surface area contributed by atoms with E-state index in [1.54, 1.807) is 66.7 Å². The van der Waals surface area contributed by atoms with Gasteiger partial charge in [-0.1, -0.05) is 47.5 Å². The number of carboxylic acids is 1. The van der Waals surface area contributed by atoms with Gasteiger partial charge in [0.1, 0.15) is 17.4 Å². The van der Waals surface area contributed by atoms with E-state index in [-0.39, 0.29) is 23.1 Å². The average Bonchev–Trinajstić information content (AvgIpc) is 3.24. The molecule has 0 radical (unpaired) electrons. The Bertz CT molecular complexity index is 1280. The van der Waals surface area contributed by atoms with Gasteiger partial charge >= 0.3 is 5.97 Å².